The van der Waals surface area contributed by atoms with Gasteiger partial charge in [0.15, 0.2) is 0 Å². The summed E-state index contributed by atoms with van der Waals surface area (Å²) in [7, 11) is 0. The van der Waals surface area contributed by atoms with E-state index in [1.165, 1.54) is 16.8 Å². The molecule has 0 spiro atoms. The van der Waals surface area contributed by atoms with Gasteiger partial charge in [0, 0.05) is 12.1 Å². The molecule has 146 valence electrons. The average molecular weight is 391 g/mol. The van der Waals surface area contributed by atoms with Gasteiger partial charge in [-0.25, -0.2) is 9.36 Å². The monoisotopic (exact) mass is 391 g/mol. The Hall–Kier alpha value is -3.92. The Balaban J connectivity index is 1.32. The highest BCUT2D eigenvalue weighted by Crippen LogP contribution is 2.16. The molecule has 0 unspecified atom stereocenters. The summed E-state index contributed by atoms with van der Waals surface area (Å²) in [5, 5.41) is 27.1. The quantitative estimate of drug-likeness (QED) is 0.335. The van der Waals surface area contributed by atoms with Crippen molar-refractivity contribution in [2.75, 3.05) is 0 Å². The zero-order valence-electron chi connectivity index (χ0n) is 15.3. The van der Waals surface area contributed by atoms with Crippen LogP contribution in [0.15, 0.2) is 67.0 Å². The van der Waals surface area contributed by atoms with Crippen molar-refractivity contribution in [3.63, 3.8) is 0 Å². The van der Waals surface area contributed by atoms with Crippen LogP contribution in [-0.4, -0.2) is 34.9 Å². The van der Waals surface area contributed by atoms with Gasteiger partial charge in [0.1, 0.15) is 11.4 Å². The Bertz CT molecular complexity index is 1110. The molecule has 2 aromatic heterocycles. The van der Waals surface area contributed by atoms with Crippen molar-refractivity contribution in [3.8, 4) is 5.69 Å². The van der Waals surface area contributed by atoms with Gasteiger partial charge < -0.3 is 4.74 Å². The molecule has 0 aliphatic carbocycles. The lowest BCUT2D eigenvalue weighted by atomic mass is 10.2. The standard InChI is InChI=1S/C19H17N7O3/c27-26(28)19-8-4-7-18(9-19)25-12-17(21-23-25)14-29-13-16-11-24(22-20-16)10-15-5-2-1-3-6-15/h1-9,11-12H,10,13-14H2. The summed E-state index contributed by atoms with van der Waals surface area (Å²) in [6.07, 6.45) is 3.51. The van der Waals surface area contributed by atoms with Crippen molar-refractivity contribution in [2.45, 2.75) is 19.8 Å². The molecule has 0 N–H and O–H groups in total. The number of benzene rings is 2. The topological polar surface area (TPSA) is 114 Å². The minimum atomic E-state index is -0.449. The Morgan fingerprint density at radius 1 is 0.931 bits per heavy atom. The molecule has 0 fully saturated rings. The maximum Gasteiger partial charge on any atom is 0.271 e. The number of nitro groups is 1. The third kappa shape index (κ3) is 4.68. The predicted octanol–water partition coefficient (Wildman–Crippen LogP) is 2.53. The number of nitro benzene ring substituents is 1. The molecule has 0 amide bonds. The molecule has 29 heavy (non-hydrogen) atoms. The van der Waals surface area contributed by atoms with E-state index in [-0.39, 0.29) is 12.3 Å². The van der Waals surface area contributed by atoms with E-state index in [2.05, 4.69) is 20.6 Å². The van der Waals surface area contributed by atoms with Gasteiger partial charge in [0.05, 0.1) is 42.8 Å². The Morgan fingerprint density at radius 2 is 1.69 bits per heavy atom. The van der Waals surface area contributed by atoms with Crippen LogP contribution in [0.4, 0.5) is 5.69 Å². The molecule has 2 heterocycles. The van der Waals surface area contributed by atoms with Crippen molar-refractivity contribution in [1.29, 1.82) is 0 Å². The van der Waals surface area contributed by atoms with E-state index in [4.69, 9.17) is 4.74 Å². The molecule has 0 aliphatic heterocycles. The first-order valence-electron chi connectivity index (χ1n) is 8.84. The lowest BCUT2D eigenvalue weighted by Crippen LogP contribution is -1.99. The fourth-order valence-electron chi connectivity index (χ4n) is 2.75. The molecule has 0 saturated heterocycles. The molecule has 0 atom stereocenters. The van der Waals surface area contributed by atoms with E-state index in [1.54, 1.807) is 23.0 Å². The number of hydrogen-bond acceptors (Lipinski definition) is 7. The second-order valence-electron chi connectivity index (χ2n) is 6.32. The van der Waals surface area contributed by atoms with Gasteiger partial charge in [-0.15, -0.1) is 10.2 Å². The first-order valence-corrected chi connectivity index (χ1v) is 8.84. The summed E-state index contributed by atoms with van der Waals surface area (Å²) < 4.78 is 8.87. The fourth-order valence-corrected chi connectivity index (χ4v) is 2.75. The van der Waals surface area contributed by atoms with Crippen molar-refractivity contribution in [1.82, 2.24) is 30.0 Å². The average Bonchev–Trinajstić information content (AvgIpc) is 3.39. The maximum atomic E-state index is 10.9. The molecule has 0 bridgehead atoms. The summed E-state index contributed by atoms with van der Waals surface area (Å²) in [6, 6.07) is 16.2. The summed E-state index contributed by atoms with van der Waals surface area (Å²) in [5.41, 5.74) is 3.01. The highest BCUT2D eigenvalue weighted by Gasteiger charge is 2.09. The van der Waals surface area contributed by atoms with Gasteiger partial charge in [-0.1, -0.05) is 46.8 Å². The normalized spacial score (nSPS) is 10.9. The minimum absolute atomic E-state index is 0.00520. The second kappa shape index (κ2) is 8.40. The van der Waals surface area contributed by atoms with Crippen LogP contribution in [0.1, 0.15) is 17.0 Å². The van der Waals surface area contributed by atoms with Crippen LogP contribution in [0, 0.1) is 10.1 Å². The summed E-state index contributed by atoms with van der Waals surface area (Å²) in [6.45, 7) is 1.17. The van der Waals surface area contributed by atoms with Crippen molar-refractivity contribution < 1.29 is 9.66 Å². The number of hydrogen-bond donors (Lipinski definition) is 0. The van der Waals surface area contributed by atoms with Gasteiger partial charge in [-0.3, -0.25) is 10.1 Å². The molecule has 0 radical (unpaired) electrons. The predicted molar refractivity (Wildman–Crippen MR) is 102 cm³/mol. The number of ether oxygens (including phenoxy) is 1. The van der Waals surface area contributed by atoms with Gasteiger partial charge in [-0.2, -0.15) is 0 Å². The lowest BCUT2D eigenvalue weighted by molar-refractivity contribution is -0.384. The Morgan fingerprint density at radius 3 is 2.48 bits per heavy atom. The van der Waals surface area contributed by atoms with Crippen LogP contribution in [0.3, 0.4) is 0 Å². The molecule has 10 heteroatoms. The molecule has 4 aromatic rings. The number of rotatable bonds is 8. The number of non-ortho nitro benzene ring substituents is 1. The molecule has 0 saturated carbocycles. The van der Waals surface area contributed by atoms with Crippen molar-refractivity contribution >= 4 is 5.69 Å². The van der Waals surface area contributed by atoms with E-state index in [0.29, 0.717) is 30.2 Å². The number of aromatic nitrogens is 6. The Labute approximate surface area is 165 Å². The highest BCUT2D eigenvalue weighted by molar-refractivity contribution is 5.42. The SMILES string of the molecule is O=[N+]([O-])c1cccc(-n2cc(COCc3cn(Cc4ccccc4)nn3)nn2)c1. The van der Waals surface area contributed by atoms with Crippen LogP contribution in [0.2, 0.25) is 0 Å². The van der Waals surface area contributed by atoms with E-state index in [9.17, 15) is 10.1 Å². The molecular formula is C19H17N7O3. The smallest absolute Gasteiger partial charge is 0.271 e. The van der Waals surface area contributed by atoms with Gasteiger partial charge >= 0.3 is 0 Å². The summed E-state index contributed by atoms with van der Waals surface area (Å²) >= 11 is 0. The lowest BCUT2D eigenvalue weighted by Gasteiger charge is -2.00. The zero-order valence-corrected chi connectivity index (χ0v) is 15.3. The summed E-state index contributed by atoms with van der Waals surface area (Å²) in [5.74, 6) is 0. The Kier molecular flexibility index (Phi) is 5.34. The van der Waals surface area contributed by atoms with Gasteiger partial charge in [0.2, 0.25) is 0 Å². The van der Waals surface area contributed by atoms with Crippen LogP contribution in [0.5, 0.6) is 0 Å². The third-order valence-electron chi connectivity index (χ3n) is 4.12. The van der Waals surface area contributed by atoms with Crippen LogP contribution in [0.25, 0.3) is 5.69 Å². The number of nitrogens with zero attached hydrogens (tertiary/aromatic N) is 7. The van der Waals surface area contributed by atoms with E-state index in [1.807, 2.05) is 36.5 Å². The fraction of sp³-hybridized carbons (Fsp3) is 0.158. The molecule has 2 aromatic carbocycles. The van der Waals surface area contributed by atoms with Crippen LogP contribution in [-0.2, 0) is 24.5 Å². The summed E-state index contributed by atoms with van der Waals surface area (Å²) in [4.78, 5) is 10.4. The second-order valence-corrected chi connectivity index (χ2v) is 6.32. The van der Waals surface area contributed by atoms with Crippen LogP contribution >= 0.6 is 0 Å². The third-order valence-corrected chi connectivity index (χ3v) is 4.12. The van der Waals surface area contributed by atoms with E-state index in [0.717, 1.165) is 5.56 Å². The van der Waals surface area contributed by atoms with Crippen molar-refractivity contribution in [2.24, 2.45) is 0 Å². The highest BCUT2D eigenvalue weighted by atomic mass is 16.6. The van der Waals surface area contributed by atoms with E-state index < -0.39 is 4.92 Å². The minimum Gasteiger partial charge on any atom is -0.369 e. The maximum absolute atomic E-state index is 10.9. The molecule has 10 nitrogen and oxygen atoms in total. The first kappa shape index (κ1) is 18.4. The van der Waals surface area contributed by atoms with E-state index >= 15 is 0 Å². The molecule has 4 rings (SSSR count). The zero-order chi connectivity index (χ0) is 20.1. The van der Waals surface area contributed by atoms with Gasteiger partial charge in [0.25, 0.3) is 5.69 Å². The largest absolute Gasteiger partial charge is 0.369 e. The van der Waals surface area contributed by atoms with Crippen LogP contribution < -0.4 is 0 Å². The first-order chi connectivity index (χ1) is 14.2. The van der Waals surface area contributed by atoms with Gasteiger partial charge in [-0.05, 0) is 11.6 Å². The molecular weight excluding hydrogens is 374 g/mol. The molecule has 0 aliphatic rings. The van der Waals surface area contributed by atoms with Crippen molar-refractivity contribution in [3.05, 3.63) is 94.1 Å².